The Morgan fingerprint density at radius 2 is 1.89 bits per heavy atom. The highest BCUT2D eigenvalue weighted by molar-refractivity contribution is 7.80. The number of nitrogens with two attached hydrogens (primary N) is 1. The minimum atomic E-state index is 0.272. The van der Waals surface area contributed by atoms with E-state index in [2.05, 4.69) is 28.3 Å². The fourth-order valence-corrected chi connectivity index (χ4v) is 1.93. The molecule has 98 valence electrons. The molecule has 19 heavy (non-hydrogen) atoms. The van der Waals surface area contributed by atoms with Gasteiger partial charge in [0.1, 0.15) is 10.7 Å². The van der Waals surface area contributed by atoms with Gasteiger partial charge in [0.2, 0.25) is 5.95 Å². The number of benzene rings is 1. The predicted molar refractivity (Wildman–Crippen MR) is 81.9 cm³/mol. The number of aromatic nitrogens is 2. The van der Waals surface area contributed by atoms with Crippen molar-refractivity contribution >= 4 is 28.8 Å². The molecule has 1 aromatic heterocycles. The number of hydrogen-bond acceptors (Lipinski definition) is 4. The van der Waals surface area contributed by atoms with Gasteiger partial charge in [0.15, 0.2) is 0 Å². The van der Waals surface area contributed by atoms with Crippen LogP contribution in [0.3, 0.4) is 0 Å². The minimum absolute atomic E-state index is 0.272. The molecule has 0 aliphatic rings. The van der Waals surface area contributed by atoms with Crippen LogP contribution >= 0.6 is 12.2 Å². The fraction of sp³-hybridized carbons (Fsp3) is 0.214. The van der Waals surface area contributed by atoms with Crippen LogP contribution in [-0.4, -0.2) is 15.0 Å². The number of nitrogens with zero attached hydrogens (tertiary/aromatic N) is 2. The largest absolute Gasteiger partial charge is 0.388 e. The Morgan fingerprint density at radius 1 is 1.16 bits per heavy atom. The molecule has 0 bridgehead atoms. The first-order valence-corrected chi connectivity index (χ1v) is 6.36. The van der Waals surface area contributed by atoms with Gasteiger partial charge >= 0.3 is 0 Å². The van der Waals surface area contributed by atoms with E-state index in [4.69, 9.17) is 18.0 Å². The van der Waals surface area contributed by atoms with Crippen LogP contribution in [-0.2, 0) is 0 Å². The highest BCUT2D eigenvalue weighted by atomic mass is 32.1. The predicted octanol–water partition coefficient (Wildman–Crippen LogP) is 2.78. The molecular weight excluding hydrogens is 256 g/mol. The fourth-order valence-electron chi connectivity index (χ4n) is 1.82. The molecule has 0 radical (unpaired) electrons. The van der Waals surface area contributed by atoms with Crippen LogP contribution in [0.4, 0.5) is 11.6 Å². The first-order chi connectivity index (χ1) is 8.95. The second-order valence-corrected chi connectivity index (χ2v) is 4.97. The van der Waals surface area contributed by atoms with Crippen LogP contribution in [0.15, 0.2) is 24.3 Å². The number of hydrogen-bond donors (Lipinski definition) is 2. The summed E-state index contributed by atoms with van der Waals surface area (Å²) in [5, 5.41) is 3.20. The molecule has 0 atom stereocenters. The molecule has 1 aromatic carbocycles. The molecule has 4 nitrogen and oxygen atoms in total. The van der Waals surface area contributed by atoms with E-state index in [1.54, 1.807) is 6.07 Å². The van der Waals surface area contributed by atoms with Crippen molar-refractivity contribution in [2.45, 2.75) is 20.8 Å². The Kier molecular flexibility index (Phi) is 3.76. The minimum Gasteiger partial charge on any atom is -0.388 e. The molecule has 1 heterocycles. The van der Waals surface area contributed by atoms with Gasteiger partial charge in [-0.05, 0) is 38.5 Å². The highest BCUT2D eigenvalue weighted by Gasteiger charge is 2.06. The maximum atomic E-state index is 5.61. The standard InChI is InChI=1S/C14H16N4S/c1-8-4-5-11(9(2)6-8)17-14-16-10(3)7-12(18-14)13(15)19/h4-7H,1-3H3,(H2,15,19)(H,16,17,18). The van der Waals surface area contributed by atoms with Gasteiger partial charge in [-0.25, -0.2) is 9.97 Å². The zero-order valence-corrected chi connectivity index (χ0v) is 12.0. The van der Waals surface area contributed by atoms with E-state index < -0.39 is 0 Å². The van der Waals surface area contributed by atoms with E-state index in [0.29, 0.717) is 11.6 Å². The summed E-state index contributed by atoms with van der Waals surface area (Å²) in [5.41, 5.74) is 10.3. The quantitative estimate of drug-likeness (QED) is 0.841. The van der Waals surface area contributed by atoms with Crippen LogP contribution in [0, 0.1) is 20.8 Å². The molecule has 2 rings (SSSR count). The third-order valence-electron chi connectivity index (χ3n) is 2.74. The molecule has 0 aliphatic carbocycles. The van der Waals surface area contributed by atoms with Crippen molar-refractivity contribution in [3.8, 4) is 0 Å². The van der Waals surface area contributed by atoms with Gasteiger partial charge in [-0.3, -0.25) is 0 Å². The molecule has 0 saturated heterocycles. The van der Waals surface area contributed by atoms with E-state index >= 15 is 0 Å². The molecule has 0 spiro atoms. The molecule has 3 N–H and O–H groups in total. The van der Waals surface area contributed by atoms with Crippen molar-refractivity contribution in [3.63, 3.8) is 0 Å². The van der Waals surface area contributed by atoms with Gasteiger partial charge in [-0.2, -0.15) is 0 Å². The van der Waals surface area contributed by atoms with E-state index in [1.165, 1.54) is 5.56 Å². The molecule has 2 aromatic rings. The summed E-state index contributed by atoms with van der Waals surface area (Å²) >= 11 is 4.95. The Morgan fingerprint density at radius 3 is 2.53 bits per heavy atom. The maximum absolute atomic E-state index is 5.61. The maximum Gasteiger partial charge on any atom is 0.228 e. The van der Waals surface area contributed by atoms with Crippen LogP contribution in [0.2, 0.25) is 0 Å². The topological polar surface area (TPSA) is 63.8 Å². The molecule has 0 amide bonds. The number of thiocarbonyl (C=S) groups is 1. The summed E-state index contributed by atoms with van der Waals surface area (Å²) in [6.07, 6.45) is 0. The number of anilines is 2. The molecule has 5 heteroatoms. The third-order valence-corrected chi connectivity index (χ3v) is 2.94. The van der Waals surface area contributed by atoms with Gasteiger partial charge in [-0.1, -0.05) is 29.9 Å². The number of rotatable bonds is 3. The SMILES string of the molecule is Cc1ccc(Nc2nc(C)cc(C(N)=S)n2)c(C)c1. The van der Waals surface area contributed by atoms with Gasteiger partial charge in [0.25, 0.3) is 0 Å². The van der Waals surface area contributed by atoms with E-state index in [0.717, 1.165) is 16.9 Å². The first kappa shape index (κ1) is 13.4. The van der Waals surface area contributed by atoms with Crippen molar-refractivity contribution in [3.05, 3.63) is 46.8 Å². The van der Waals surface area contributed by atoms with Gasteiger partial charge < -0.3 is 11.1 Å². The lowest BCUT2D eigenvalue weighted by Gasteiger charge is -2.10. The second kappa shape index (κ2) is 5.32. The van der Waals surface area contributed by atoms with Crippen molar-refractivity contribution in [1.82, 2.24) is 9.97 Å². The average Bonchev–Trinajstić information content (AvgIpc) is 2.32. The normalized spacial score (nSPS) is 10.3. The Balaban J connectivity index is 2.35. The molecule has 0 unspecified atom stereocenters. The zero-order valence-electron chi connectivity index (χ0n) is 11.2. The summed E-state index contributed by atoms with van der Waals surface area (Å²) in [5.74, 6) is 0.509. The smallest absolute Gasteiger partial charge is 0.228 e. The van der Waals surface area contributed by atoms with E-state index in [1.807, 2.05) is 26.0 Å². The second-order valence-electron chi connectivity index (χ2n) is 4.53. The molecule has 0 fully saturated rings. The number of nitrogens with one attached hydrogen (secondary N) is 1. The third kappa shape index (κ3) is 3.26. The van der Waals surface area contributed by atoms with Crippen molar-refractivity contribution in [2.75, 3.05) is 5.32 Å². The lowest BCUT2D eigenvalue weighted by atomic mass is 10.1. The van der Waals surface area contributed by atoms with Crippen molar-refractivity contribution in [2.24, 2.45) is 5.73 Å². The molecule has 0 saturated carbocycles. The van der Waals surface area contributed by atoms with E-state index in [9.17, 15) is 0 Å². The average molecular weight is 272 g/mol. The summed E-state index contributed by atoms with van der Waals surface area (Å²) < 4.78 is 0. The Bertz CT molecular complexity index is 637. The lowest BCUT2D eigenvalue weighted by Crippen LogP contribution is -2.14. The van der Waals surface area contributed by atoms with Gasteiger partial charge in [0.05, 0.1) is 0 Å². The highest BCUT2D eigenvalue weighted by Crippen LogP contribution is 2.19. The summed E-state index contributed by atoms with van der Waals surface area (Å²) in [4.78, 5) is 8.91. The molecular formula is C14H16N4S. The molecule has 0 aliphatic heterocycles. The lowest BCUT2D eigenvalue weighted by molar-refractivity contribution is 1.09. The zero-order chi connectivity index (χ0) is 14.0. The van der Waals surface area contributed by atoms with Crippen LogP contribution < -0.4 is 11.1 Å². The van der Waals surface area contributed by atoms with Crippen LogP contribution in [0.1, 0.15) is 22.5 Å². The Hall–Kier alpha value is -2.01. The summed E-state index contributed by atoms with van der Waals surface area (Å²) in [7, 11) is 0. The monoisotopic (exact) mass is 272 g/mol. The van der Waals surface area contributed by atoms with Crippen molar-refractivity contribution in [1.29, 1.82) is 0 Å². The van der Waals surface area contributed by atoms with E-state index in [-0.39, 0.29) is 4.99 Å². The Labute approximate surface area is 118 Å². The van der Waals surface area contributed by atoms with Crippen LogP contribution in [0.25, 0.3) is 0 Å². The van der Waals surface area contributed by atoms with Crippen LogP contribution in [0.5, 0.6) is 0 Å². The summed E-state index contributed by atoms with van der Waals surface area (Å²) in [6, 6.07) is 7.93. The van der Waals surface area contributed by atoms with Crippen molar-refractivity contribution < 1.29 is 0 Å². The summed E-state index contributed by atoms with van der Waals surface area (Å²) in [6.45, 7) is 5.99. The van der Waals surface area contributed by atoms with Gasteiger partial charge in [-0.15, -0.1) is 0 Å². The number of aryl methyl sites for hydroxylation is 3. The van der Waals surface area contributed by atoms with Gasteiger partial charge in [0, 0.05) is 11.4 Å². The first-order valence-electron chi connectivity index (χ1n) is 5.95.